The molecule has 0 radical (unpaired) electrons. The highest BCUT2D eigenvalue weighted by Crippen LogP contribution is 2.26. The molecule has 0 saturated carbocycles. The monoisotopic (exact) mass is 323 g/mol. The molecule has 2 aromatic rings. The van der Waals surface area contributed by atoms with E-state index < -0.39 is 0 Å². The molecule has 1 saturated heterocycles. The third kappa shape index (κ3) is 4.16. The van der Waals surface area contributed by atoms with Crippen LogP contribution in [-0.4, -0.2) is 31.0 Å². The predicted octanol–water partition coefficient (Wildman–Crippen LogP) is 4.03. The number of likely N-dealkylation sites (tertiary alicyclic amines) is 1. The van der Waals surface area contributed by atoms with Crippen LogP contribution in [0.4, 0.5) is 0 Å². The quantitative estimate of drug-likeness (QED) is 0.850. The van der Waals surface area contributed by atoms with Crippen molar-refractivity contribution in [2.45, 2.75) is 31.6 Å². The van der Waals surface area contributed by atoms with Gasteiger partial charge in [-0.2, -0.15) is 0 Å². The summed E-state index contributed by atoms with van der Waals surface area (Å²) in [5.74, 6) is 1.47. The van der Waals surface area contributed by atoms with Crippen molar-refractivity contribution in [1.29, 1.82) is 0 Å². The maximum atomic E-state index is 12.8. The van der Waals surface area contributed by atoms with Crippen molar-refractivity contribution >= 4 is 5.91 Å². The highest BCUT2D eigenvalue weighted by Gasteiger charge is 2.23. The van der Waals surface area contributed by atoms with Gasteiger partial charge in [0.2, 0.25) is 5.91 Å². The smallest absolute Gasteiger partial charge is 0.227 e. The molecule has 1 aliphatic heterocycles. The number of rotatable bonds is 4. The highest BCUT2D eigenvalue weighted by atomic mass is 16.5. The van der Waals surface area contributed by atoms with Crippen molar-refractivity contribution in [2.24, 2.45) is 0 Å². The van der Waals surface area contributed by atoms with E-state index in [0.29, 0.717) is 12.3 Å². The van der Waals surface area contributed by atoms with E-state index in [1.54, 1.807) is 7.11 Å². The van der Waals surface area contributed by atoms with Crippen molar-refractivity contribution in [3.63, 3.8) is 0 Å². The molecule has 1 fully saturated rings. The summed E-state index contributed by atoms with van der Waals surface area (Å²) in [5, 5.41) is 0. The molecular formula is C21H25NO2. The first-order valence-electron chi connectivity index (χ1n) is 8.72. The molecule has 126 valence electrons. The van der Waals surface area contributed by atoms with Crippen LogP contribution < -0.4 is 4.74 Å². The number of hydrogen-bond donors (Lipinski definition) is 0. The molecule has 0 aliphatic carbocycles. The summed E-state index contributed by atoms with van der Waals surface area (Å²) in [6.07, 6.45) is 3.88. The first-order chi connectivity index (χ1) is 11.8. The molecule has 3 rings (SSSR count). The van der Waals surface area contributed by atoms with E-state index in [-0.39, 0.29) is 5.91 Å². The molecule has 2 aromatic carbocycles. The second-order valence-electron chi connectivity index (χ2n) is 6.47. The zero-order valence-electron chi connectivity index (χ0n) is 14.3. The minimum atomic E-state index is 0.214. The fourth-order valence-electron chi connectivity index (χ4n) is 3.43. The Balaban J connectivity index is 1.69. The zero-order chi connectivity index (χ0) is 16.8. The standard InChI is InChI=1S/C21H25NO2/c1-24-20-12-7-8-17(14-20)15-21(23)22-13-6-5-11-19(16-22)18-9-3-2-4-10-18/h2-4,7-10,12,14,19H,5-6,11,13,15-16H2,1H3. The average molecular weight is 323 g/mol. The molecule has 3 nitrogen and oxygen atoms in total. The van der Waals surface area contributed by atoms with Crippen molar-refractivity contribution in [1.82, 2.24) is 4.90 Å². The second kappa shape index (κ2) is 8.00. The number of carbonyl (C=O) groups excluding carboxylic acids is 1. The summed E-state index contributed by atoms with van der Waals surface area (Å²) in [6, 6.07) is 18.4. The molecule has 3 heteroatoms. The van der Waals surface area contributed by atoms with Gasteiger partial charge in [-0.15, -0.1) is 0 Å². The number of carbonyl (C=O) groups is 1. The van der Waals surface area contributed by atoms with Crippen LogP contribution in [0.3, 0.4) is 0 Å². The molecular weight excluding hydrogens is 298 g/mol. The van der Waals surface area contributed by atoms with Crippen molar-refractivity contribution in [2.75, 3.05) is 20.2 Å². The largest absolute Gasteiger partial charge is 0.497 e. The van der Waals surface area contributed by atoms with E-state index in [4.69, 9.17) is 4.74 Å². The molecule has 1 atom stereocenters. The lowest BCUT2D eigenvalue weighted by Crippen LogP contribution is -2.35. The van der Waals surface area contributed by atoms with Crippen LogP contribution in [0, 0.1) is 0 Å². The van der Waals surface area contributed by atoms with Crippen LogP contribution in [0.15, 0.2) is 54.6 Å². The molecule has 0 spiro atoms. The Morgan fingerprint density at radius 2 is 1.96 bits per heavy atom. The number of hydrogen-bond acceptors (Lipinski definition) is 2. The Morgan fingerprint density at radius 3 is 2.75 bits per heavy atom. The maximum absolute atomic E-state index is 12.8. The first kappa shape index (κ1) is 16.6. The van der Waals surface area contributed by atoms with Crippen LogP contribution >= 0.6 is 0 Å². The Hall–Kier alpha value is -2.29. The number of amides is 1. The lowest BCUT2D eigenvalue weighted by Gasteiger charge is -2.25. The van der Waals surface area contributed by atoms with E-state index in [2.05, 4.69) is 24.3 Å². The normalized spacial score (nSPS) is 18.0. The highest BCUT2D eigenvalue weighted by molar-refractivity contribution is 5.79. The Bertz CT molecular complexity index is 669. The summed E-state index contributed by atoms with van der Waals surface area (Å²) < 4.78 is 5.25. The molecule has 1 amide bonds. The topological polar surface area (TPSA) is 29.5 Å². The lowest BCUT2D eigenvalue weighted by molar-refractivity contribution is -0.130. The summed E-state index contributed by atoms with van der Waals surface area (Å²) >= 11 is 0. The molecule has 0 bridgehead atoms. The van der Waals surface area contributed by atoms with Gasteiger partial charge in [0, 0.05) is 19.0 Å². The summed E-state index contributed by atoms with van der Waals surface area (Å²) in [7, 11) is 1.65. The van der Waals surface area contributed by atoms with Crippen molar-refractivity contribution in [3.8, 4) is 5.75 Å². The van der Waals surface area contributed by atoms with Gasteiger partial charge in [-0.05, 0) is 36.1 Å². The third-order valence-corrected chi connectivity index (χ3v) is 4.78. The Morgan fingerprint density at radius 1 is 1.12 bits per heavy atom. The number of methoxy groups -OCH3 is 1. The van der Waals surface area contributed by atoms with E-state index >= 15 is 0 Å². The number of benzene rings is 2. The van der Waals surface area contributed by atoms with Gasteiger partial charge in [-0.3, -0.25) is 4.79 Å². The third-order valence-electron chi connectivity index (χ3n) is 4.78. The molecule has 1 unspecified atom stereocenters. The van der Waals surface area contributed by atoms with Gasteiger partial charge in [0.1, 0.15) is 5.75 Å². The average Bonchev–Trinajstić information content (AvgIpc) is 2.89. The van der Waals surface area contributed by atoms with Gasteiger partial charge in [0.05, 0.1) is 13.5 Å². The van der Waals surface area contributed by atoms with Crippen LogP contribution in [0.1, 0.15) is 36.3 Å². The van der Waals surface area contributed by atoms with Crippen LogP contribution in [0.2, 0.25) is 0 Å². The van der Waals surface area contributed by atoms with Crippen molar-refractivity contribution in [3.05, 3.63) is 65.7 Å². The lowest BCUT2D eigenvalue weighted by atomic mass is 9.94. The predicted molar refractivity (Wildman–Crippen MR) is 96.3 cm³/mol. The fourth-order valence-corrected chi connectivity index (χ4v) is 3.43. The molecule has 0 N–H and O–H groups in total. The van der Waals surface area contributed by atoms with Gasteiger partial charge < -0.3 is 9.64 Å². The Labute approximate surface area is 144 Å². The van der Waals surface area contributed by atoms with E-state index in [1.807, 2.05) is 35.2 Å². The fraction of sp³-hybridized carbons (Fsp3) is 0.381. The summed E-state index contributed by atoms with van der Waals surface area (Å²) in [5.41, 5.74) is 2.36. The number of ether oxygens (including phenoxy) is 1. The molecule has 1 heterocycles. The minimum absolute atomic E-state index is 0.214. The molecule has 24 heavy (non-hydrogen) atoms. The SMILES string of the molecule is COc1cccc(CC(=O)N2CCCCC(c3ccccc3)C2)c1. The second-order valence-corrected chi connectivity index (χ2v) is 6.47. The van der Waals surface area contributed by atoms with Crippen LogP contribution in [-0.2, 0) is 11.2 Å². The van der Waals surface area contributed by atoms with E-state index in [9.17, 15) is 4.79 Å². The van der Waals surface area contributed by atoms with Gasteiger partial charge in [0.15, 0.2) is 0 Å². The van der Waals surface area contributed by atoms with Crippen molar-refractivity contribution < 1.29 is 9.53 Å². The molecule has 1 aliphatic rings. The van der Waals surface area contributed by atoms with Gasteiger partial charge in [0.25, 0.3) is 0 Å². The summed E-state index contributed by atoms with van der Waals surface area (Å²) in [4.78, 5) is 14.8. The van der Waals surface area contributed by atoms with E-state index in [0.717, 1.165) is 37.2 Å². The van der Waals surface area contributed by atoms with Crippen LogP contribution in [0.25, 0.3) is 0 Å². The Kier molecular flexibility index (Phi) is 5.52. The number of nitrogens with zero attached hydrogens (tertiary/aromatic N) is 1. The van der Waals surface area contributed by atoms with Crippen LogP contribution in [0.5, 0.6) is 5.75 Å². The summed E-state index contributed by atoms with van der Waals surface area (Å²) in [6.45, 7) is 1.69. The molecule has 0 aromatic heterocycles. The first-order valence-corrected chi connectivity index (χ1v) is 8.72. The van der Waals surface area contributed by atoms with E-state index in [1.165, 1.54) is 12.0 Å². The van der Waals surface area contributed by atoms with Gasteiger partial charge in [-0.25, -0.2) is 0 Å². The maximum Gasteiger partial charge on any atom is 0.227 e. The van der Waals surface area contributed by atoms with Gasteiger partial charge >= 0.3 is 0 Å². The zero-order valence-corrected chi connectivity index (χ0v) is 14.3. The van der Waals surface area contributed by atoms with Gasteiger partial charge in [-0.1, -0.05) is 48.9 Å². The minimum Gasteiger partial charge on any atom is -0.497 e.